The van der Waals surface area contributed by atoms with Crippen molar-refractivity contribution in [3.05, 3.63) is 0 Å². The standard InChI is InChI=1S/C15H29NO2S/c1-2-16-15(13-6-4-3-5-7-13)12-19(17)14-8-10-18-11-9-14/h13-16H,2-12H2,1H3. The van der Waals surface area contributed by atoms with Gasteiger partial charge < -0.3 is 10.1 Å². The lowest BCUT2D eigenvalue weighted by molar-refractivity contribution is 0.0991. The number of hydrogen-bond acceptors (Lipinski definition) is 3. The highest BCUT2D eigenvalue weighted by Gasteiger charge is 2.28. The quantitative estimate of drug-likeness (QED) is 0.815. The van der Waals surface area contributed by atoms with Crippen LogP contribution in [0.1, 0.15) is 51.9 Å². The molecule has 1 aliphatic carbocycles. The van der Waals surface area contributed by atoms with E-state index in [0.29, 0.717) is 11.3 Å². The van der Waals surface area contributed by atoms with Crippen molar-refractivity contribution in [2.24, 2.45) is 5.92 Å². The molecule has 2 atom stereocenters. The second kappa shape index (κ2) is 8.38. The van der Waals surface area contributed by atoms with Gasteiger partial charge in [-0.25, -0.2) is 0 Å². The summed E-state index contributed by atoms with van der Waals surface area (Å²) in [7, 11) is -0.682. The third-order valence-electron chi connectivity index (χ3n) is 4.57. The monoisotopic (exact) mass is 287 g/mol. The highest BCUT2D eigenvalue weighted by molar-refractivity contribution is 7.85. The van der Waals surface area contributed by atoms with Crippen LogP contribution < -0.4 is 5.32 Å². The molecule has 0 aromatic heterocycles. The molecule has 0 spiro atoms. The van der Waals surface area contributed by atoms with E-state index in [4.69, 9.17) is 4.74 Å². The van der Waals surface area contributed by atoms with Crippen LogP contribution in [0.2, 0.25) is 0 Å². The summed E-state index contributed by atoms with van der Waals surface area (Å²) in [5.74, 6) is 1.60. The zero-order valence-corrected chi connectivity index (χ0v) is 13.1. The Morgan fingerprint density at radius 3 is 2.47 bits per heavy atom. The van der Waals surface area contributed by atoms with Gasteiger partial charge in [0.1, 0.15) is 0 Å². The fraction of sp³-hybridized carbons (Fsp3) is 1.00. The molecule has 0 amide bonds. The van der Waals surface area contributed by atoms with Crippen LogP contribution >= 0.6 is 0 Å². The van der Waals surface area contributed by atoms with Crippen molar-refractivity contribution in [3.8, 4) is 0 Å². The van der Waals surface area contributed by atoms with Gasteiger partial charge in [0.15, 0.2) is 0 Å². The van der Waals surface area contributed by atoms with Crippen LogP contribution in [0.5, 0.6) is 0 Å². The lowest BCUT2D eigenvalue weighted by atomic mass is 9.84. The molecular formula is C15H29NO2S. The van der Waals surface area contributed by atoms with Gasteiger partial charge in [0.2, 0.25) is 0 Å². The van der Waals surface area contributed by atoms with Gasteiger partial charge in [0.25, 0.3) is 0 Å². The van der Waals surface area contributed by atoms with E-state index in [0.717, 1.165) is 44.3 Å². The van der Waals surface area contributed by atoms with E-state index in [2.05, 4.69) is 12.2 Å². The number of nitrogens with one attached hydrogen (secondary N) is 1. The highest BCUT2D eigenvalue weighted by Crippen LogP contribution is 2.27. The normalized spacial score (nSPS) is 26.2. The van der Waals surface area contributed by atoms with Crippen LogP contribution in [0.4, 0.5) is 0 Å². The van der Waals surface area contributed by atoms with E-state index in [1.807, 2.05) is 0 Å². The predicted octanol–water partition coefficient (Wildman–Crippen LogP) is 2.47. The summed E-state index contributed by atoms with van der Waals surface area (Å²) in [5.41, 5.74) is 0. The van der Waals surface area contributed by atoms with Crippen molar-refractivity contribution in [1.82, 2.24) is 5.32 Å². The summed E-state index contributed by atoms with van der Waals surface area (Å²) in [5, 5.41) is 3.97. The highest BCUT2D eigenvalue weighted by atomic mass is 32.2. The molecule has 1 heterocycles. The Balaban J connectivity index is 1.85. The van der Waals surface area contributed by atoms with Gasteiger partial charge in [-0.15, -0.1) is 0 Å². The summed E-state index contributed by atoms with van der Waals surface area (Å²) in [4.78, 5) is 0. The van der Waals surface area contributed by atoms with Crippen LogP contribution in [0.15, 0.2) is 0 Å². The van der Waals surface area contributed by atoms with Gasteiger partial charge in [-0.2, -0.15) is 0 Å². The first-order chi connectivity index (χ1) is 9.31. The van der Waals surface area contributed by atoms with E-state index < -0.39 is 10.8 Å². The van der Waals surface area contributed by atoms with E-state index in [1.54, 1.807) is 0 Å². The van der Waals surface area contributed by atoms with Crippen LogP contribution in [0.3, 0.4) is 0 Å². The minimum Gasteiger partial charge on any atom is -0.381 e. The Labute approximate surface area is 120 Å². The Morgan fingerprint density at radius 1 is 1.16 bits per heavy atom. The lowest BCUT2D eigenvalue weighted by Gasteiger charge is -2.32. The average Bonchev–Trinajstić information content (AvgIpc) is 2.48. The van der Waals surface area contributed by atoms with Crippen molar-refractivity contribution in [1.29, 1.82) is 0 Å². The first-order valence-electron chi connectivity index (χ1n) is 7.99. The number of hydrogen-bond donors (Lipinski definition) is 1. The van der Waals surface area contributed by atoms with Crippen LogP contribution in [0.25, 0.3) is 0 Å². The molecule has 0 aromatic rings. The maximum absolute atomic E-state index is 12.5. The van der Waals surface area contributed by atoms with Gasteiger partial charge >= 0.3 is 0 Å². The Morgan fingerprint density at radius 2 is 1.84 bits per heavy atom. The minimum absolute atomic E-state index is 0.374. The van der Waals surface area contributed by atoms with Crippen LogP contribution in [-0.4, -0.2) is 41.0 Å². The molecule has 1 aliphatic heterocycles. The van der Waals surface area contributed by atoms with E-state index in [-0.39, 0.29) is 0 Å². The van der Waals surface area contributed by atoms with Crippen molar-refractivity contribution < 1.29 is 8.95 Å². The van der Waals surface area contributed by atoms with Gasteiger partial charge in [-0.05, 0) is 38.1 Å². The van der Waals surface area contributed by atoms with Crippen molar-refractivity contribution >= 4 is 10.8 Å². The maximum atomic E-state index is 12.5. The molecule has 0 bridgehead atoms. The van der Waals surface area contributed by atoms with E-state index in [9.17, 15) is 4.21 Å². The zero-order valence-electron chi connectivity index (χ0n) is 12.2. The van der Waals surface area contributed by atoms with Gasteiger partial charge in [0, 0.05) is 41.1 Å². The summed E-state index contributed by atoms with van der Waals surface area (Å²) in [6.45, 7) is 4.75. The Bertz CT molecular complexity index is 273. The van der Waals surface area contributed by atoms with Gasteiger partial charge in [-0.3, -0.25) is 4.21 Å². The van der Waals surface area contributed by atoms with Crippen LogP contribution in [0, 0.1) is 5.92 Å². The van der Waals surface area contributed by atoms with Crippen LogP contribution in [-0.2, 0) is 15.5 Å². The molecule has 2 fully saturated rings. The Hall–Kier alpha value is 0.0700. The summed E-state index contributed by atoms with van der Waals surface area (Å²) >= 11 is 0. The topological polar surface area (TPSA) is 38.3 Å². The SMILES string of the molecule is CCNC(CS(=O)C1CCOCC1)C1CCCCC1. The first kappa shape index (κ1) is 15.5. The summed E-state index contributed by atoms with van der Waals surface area (Å²) in [6, 6.07) is 0.467. The second-order valence-electron chi connectivity index (χ2n) is 5.92. The average molecular weight is 287 g/mol. The third-order valence-corrected chi connectivity index (χ3v) is 6.47. The molecule has 1 saturated carbocycles. The zero-order chi connectivity index (χ0) is 13.5. The Kier molecular flexibility index (Phi) is 6.82. The fourth-order valence-corrected chi connectivity index (χ4v) is 5.15. The summed E-state index contributed by atoms with van der Waals surface area (Å²) < 4.78 is 17.9. The maximum Gasteiger partial charge on any atom is 0.0477 e. The van der Waals surface area contributed by atoms with Crippen molar-refractivity contribution in [3.63, 3.8) is 0 Å². The number of rotatable bonds is 6. The van der Waals surface area contributed by atoms with Crippen molar-refractivity contribution in [2.75, 3.05) is 25.5 Å². The second-order valence-corrected chi connectivity index (χ2v) is 7.68. The molecule has 4 heteroatoms. The molecule has 1 saturated heterocycles. The third kappa shape index (κ3) is 4.83. The first-order valence-corrected chi connectivity index (χ1v) is 9.37. The molecule has 0 radical (unpaired) electrons. The smallest absolute Gasteiger partial charge is 0.0477 e. The molecule has 19 heavy (non-hydrogen) atoms. The molecule has 0 aromatic carbocycles. The molecule has 2 rings (SSSR count). The fourth-order valence-electron chi connectivity index (χ4n) is 3.41. The van der Waals surface area contributed by atoms with E-state index in [1.165, 1.54) is 32.1 Å². The molecule has 112 valence electrons. The lowest BCUT2D eigenvalue weighted by Crippen LogP contribution is -2.43. The molecule has 1 N–H and O–H groups in total. The molecule has 2 aliphatic rings. The van der Waals surface area contributed by atoms with Crippen molar-refractivity contribution in [2.45, 2.75) is 63.2 Å². The van der Waals surface area contributed by atoms with Gasteiger partial charge in [0.05, 0.1) is 0 Å². The molecule has 3 nitrogen and oxygen atoms in total. The van der Waals surface area contributed by atoms with E-state index >= 15 is 0 Å². The summed E-state index contributed by atoms with van der Waals surface area (Å²) in [6.07, 6.45) is 8.71. The minimum atomic E-state index is -0.682. The van der Waals surface area contributed by atoms with Gasteiger partial charge in [-0.1, -0.05) is 26.2 Å². The number of ether oxygens (including phenoxy) is 1. The predicted molar refractivity (Wildman–Crippen MR) is 80.9 cm³/mol. The largest absolute Gasteiger partial charge is 0.381 e. The molecule has 2 unspecified atom stereocenters. The molecular weight excluding hydrogens is 258 g/mol.